The lowest BCUT2D eigenvalue weighted by Crippen LogP contribution is -2.12. The molecule has 1 amide bonds. The molecule has 1 heterocycles. The number of oxazole rings is 1. The van der Waals surface area contributed by atoms with Gasteiger partial charge < -0.3 is 23.5 Å². The topological polar surface area (TPSA) is 99.9 Å². The third kappa shape index (κ3) is 8.28. The molecule has 4 aromatic rings. The molecule has 8 nitrogen and oxygen atoms in total. The van der Waals surface area contributed by atoms with Crippen LogP contribution in [0.4, 0.5) is 5.69 Å². The number of ether oxygens (including phenoxy) is 1. The molecule has 0 spiro atoms. The molecule has 204 valence electrons. The normalized spacial score (nSPS) is 11.4. The van der Waals surface area contributed by atoms with Crippen LogP contribution in [0.25, 0.3) is 11.3 Å². The van der Waals surface area contributed by atoms with Crippen LogP contribution in [0, 0.1) is 0 Å². The number of amides is 1. The average molecular weight is 569 g/mol. The summed E-state index contributed by atoms with van der Waals surface area (Å²) in [4.78, 5) is 17.3. The number of aromatic nitrogens is 1. The van der Waals surface area contributed by atoms with Gasteiger partial charge in [-0.1, -0.05) is 54.1 Å². The predicted octanol–water partition coefficient (Wildman–Crippen LogP) is 8.12. The Bertz CT molecular complexity index is 1400. The Morgan fingerprint density at radius 3 is 2.26 bits per heavy atom. The maximum Gasteiger partial charge on any atom is 0.399 e. The number of halogens is 1. The van der Waals surface area contributed by atoms with Crippen molar-refractivity contribution in [2.45, 2.75) is 32.9 Å². The Labute approximate surface area is 232 Å². The summed E-state index contributed by atoms with van der Waals surface area (Å²) in [5.74, 6) is 0.922. The summed E-state index contributed by atoms with van der Waals surface area (Å²) < 4.78 is 35.2. The molecule has 3 aromatic carbocycles. The van der Waals surface area contributed by atoms with Gasteiger partial charge in [-0.2, -0.15) is 4.98 Å². The fourth-order valence-corrected chi connectivity index (χ4v) is 5.68. The number of nitrogens with one attached hydrogen (secondary N) is 1. The van der Waals surface area contributed by atoms with Gasteiger partial charge >= 0.3 is 13.7 Å². The molecule has 0 bridgehead atoms. The van der Waals surface area contributed by atoms with E-state index in [1.165, 1.54) is 0 Å². The number of hydrogen-bond acceptors (Lipinski definition) is 7. The van der Waals surface area contributed by atoms with Crippen LogP contribution in [0.15, 0.2) is 83.3 Å². The van der Waals surface area contributed by atoms with Crippen LogP contribution in [0.3, 0.4) is 0 Å². The molecule has 0 aliphatic heterocycles. The fraction of sp³-hybridized carbons (Fsp3) is 0.241. The summed E-state index contributed by atoms with van der Waals surface area (Å²) in [6.45, 7) is 4.16. The first-order chi connectivity index (χ1) is 18.9. The van der Waals surface area contributed by atoms with E-state index in [0.29, 0.717) is 47.5 Å². The maximum atomic E-state index is 12.8. The monoisotopic (exact) mass is 568 g/mol. The van der Waals surface area contributed by atoms with E-state index < -0.39 is 7.60 Å². The molecule has 1 aromatic heterocycles. The Morgan fingerprint density at radius 1 is 0.949 bits per heavy atom. The quantitative estimate of drug-likeness (QED) is 0.162. The standard InChI is InChI=1S/C29H30ClN2O6P/c1-3-35-39(34,36-4-2)20-21-10-16-24(17-11-21)31-27(33)19-18-26-28(22-12-14-23(30)15-13-22)32-29(38-26)37-25-8-6-5-7-9-25/h5-17H,3-4,18-20H2,1-2H3,(H,31,33). The first kappa shape index (κ1) is 28.6. The van der Waals surface area contributed by atoms with Crippen molar-refractivity contribution >= 4 is 30.8 Å². The van der Waals surface area contributed by atoms with E-state index >= 15 is 0 Å². The summed E-state index contributed by atoms with van der Waals surface area (Å²) in [6.07, 6.45) is 0.717. The van der Waals surface area contributed by atoms with E-state index in [9.17, 15) is 9.36 Å². The minimum atomic E-state index is -3.20. The van der Waals surface area contributed by atoms with Gasteiger partial charge in [-0.3, -0.25) is 9.36 Å². The van der Waals surface area contributed by atoms with E-state index in [1.54, 1.807) is 62.4 Å². The Morgan fingerprint density at radius 2 is 1.62 bits per heavy atom. The minimum Gasteiger partial charge on any atom is -0.413 e. The molecule has 0 saturated carbocycles. The predicted molar refractivity (Wildman–Crippen MR) is 151 cm³/mol. The highest BCUT2D eigenvalue weighted by molar-refractivity contribution is 7.53. The highest BCUT2D eigenvalue weighted by atomic mass is 35.5. The SMILES string of the molecule is CCOP(=O)(Cc1ccc(NC(=O)CCc2oc(Oc3ccccc3)nc2-c2ccc(Cl)cc2)cc1)OCC. The van der Waals surface area contributed by atoms with Crippen molar-refractivity contribution in [1.29, 1.82) is 0 Å². The van der Waals surface area contributed by atoms with Gasteiger partial charge in [0.15, 0.2) is 0 Å². The molecular formula is C29H30ClN2O6P. The van der Waals surface area contributed by atoms with Crippen molar-refractivity contribution in [2.75, 3.05) is 18.5 Å². The molecule has 0 fully saturated rings. The van der Waals surface area contributed by atoms with Gasteiger partial charge in [-0.05, 0) is 55.8 Å². The summed E-state index contributed by atoms with van der Waals surface area (Å²) in [7, 11) is -3.20. The largest absolute Gasteiger partial charge is 0.413 e. The van der Waals surface area contributed by atoms with Gasteiger partial charge in [0.25, 0.3) is 0 Å². The van der Waals surface area contributed by atoms with E-state index in [4.69, 9.17) is 29.8 Å². The maximum absolute atomic E-state index is 12.8. The van der Waals surface area contributed by atoms with E-state index in [1.807, 2.05) is 30.3 Å². The summed E-state index contributed by atoms with van der Waals surface area (Å²) in [5, 5.41) is 3.49. The number of aryl methyl sites for hydroxylation is 1. The number of rotatable bonds is 13. The number of anilines is 1. The van der Waals surface area contributed by atoms with Crippen LogP contribution >= 0.6 is 19.2 Å². The van der Waals surface area contributed by atoms with Gasteiger partial charge in [-0.15, -0.1) is 0 Å². The Balaban J connectivity index is 1.41. The number of para-hydroxylation sites is 1. The van der Waals surface area contributed by atoms with Crippen LogP contribution in [-0.2, 0) is 31.0 Å². The van der Waals surface area contributed by atoms with Crippen molar-refractivity contribution < 1.29 is 27.6 Å². The van der Waals surface area contributed by atoms with Gasteiger partial charge in [0, 0.05) is 29.1 Å². The molecular weight excluding hydrogens is 539 g/mol. The van der Waals surface area contributed by atoms with Crippen LogP contribution in [0.5, 0.6) is 11.8 Å². The molecule has 0 radical (unpaired) electrons. The molecule has 1 N–H and O–H groups in total. The second-order valence-electron chi connectivity index (χ2n) is 8.52. The zero-order valence-electron chi connectivity index (χ0n) is 21.8. The first-order valence-electron chi connectivity index (χ1n) is 12.6. The second-order valence-corrected chi connectivity index (χ2v) is 11.0. The molecule has 0 aliphatic rings. The Kier molecular flexibility index (Phi) is 9.96. The van der Waals surface area contributed by atoms with Gasteiger partial charge in [0.2, 0.25) is 5.91 Å². The summed E-state index contributed by atoms with van der Waals surface area (Å²) in [5.41, 5.74) is 2.80. The zero-order chi connectivity index (χ0) is 27.7. The third-order valence-electron chi connectivity index (χ3n) is 5.59. The average Bonchev–Trinajstić information content (AvgIpc) is 3.32. The second kappa shape index (κ2) is 13.6. The van der Waals surface area contributed by atoms with Crippen LogP contribution in [0.2, 0.25) is 5.02 Å². The fourth-order valence-electron chi connectivity index (χ4n) is 3.86. The number of carbonyl (C=O) groups is 1. The highest BCUT2D eigenvalue weighted by Gasteiger charge is 2.24. The summed E-state index contributed by atoms with van der Waals surface area (Å²) in [6, 6.07) is 23.5. The first-order valence-corrected chi connectivity index (χ1v) is 14.7. The van der Waals surface area contributed by atoms with Crippen molar-refractivity contribution in [3.05, 3.63) is 95.2 Å². The van der Waals surface area contributed by atoms with Crippen LogP contribution in [0.1, 0.15) is 31.6 Å². The molecule has 0 aliphatic carbocycles. The number of benzene rings is 3. The number of carbonyl (C=O) groups excluding carboxylic acids is 1. The van der Waals surface area contributed by atoms with Crippen molar-refractivity contribution in [3.8, 4) is 23.1 Å². The van der Waals surface area contributed by atoms with Crippen molar-refractivity contribution in [2.24, 2.45) is 0 Å². The minimum absolute atomic E-state index is 0.0912. The van der Waals surface area contributed by atoms with Gasteiger partial charge in [-0.25, -0.2) is 0 Å². The van der Waals surface area contributed by atoms with Crippen LogP contribution in [-0.4, -0.2) is 24.1 Å². The van der Waals surface area contributed by atoms with E-state index in [0.717, 1.165) is 11.1 Å². The lowest BCUT2D eigenvalue weighted by molar-refractivity contribution is -0.116. The molecule has 10 heteroatoms. The molecule has 4 rings (SSSR count). The smallest absolute Gasteiger partial charge is 0.399 e. The molecule has 0 saturated heterocycles. The molecule has 39 heavy (non-hydrogen) atoms. The number of nitrogens with zero attached hydrogens (tertiary/aromatic N) is 1. The lowest BCUT2D eigenvalue weighted by atomic mass is 10.1. The Hall–Kier alpha value is -3.42. The molecule has 0 unspecified atom stereocenters. The third-order valence-corrected chi connectivity index (χ3v) is 7.90. The van der Waals surface area contributed by atoms with Crippen LogP contribution < -0.4 is 10.1 Å². The summed E-state index contributed by atoms with van der Waals surface area (Å²) >= 11 is 6.05. The molecule has 0 atom stereocenters. The van der Waals surface area contributed by atoms with Gasteiger partial charge in [0.05, 0.1) is 19.4 Å². The van der Waals surface area contributed by atoms with Crippen molar-refractivity contribution in [1.82, 2.24) is 4.98 Å². The van der Waals surface area contributed by atoms with E-state index in [2.05, 4.69) is 10.3 Å². The van der Waals surface area contributed by atoms with Gasteiger partial charge in [0.1, 0.15) is 17.2 Å². The van der Waals surface area contributed by atoms with Crippen molar-refractivity contribution in [3.63, 3.8) is 0 Å². The highest BCUT2D eigenvalue weighted by Crippen LogP contribution is 2.51. The lowest BCUT2D eigenvalue weighted by Gasteiger charge is -2.17. The number of hydrogen-bond donors (Lipinski definition) is 1. The zero-order valence-corrected chi connectivity index (χ0v) is 23.4. The van der Waals surface area contributed by atoms with E-state index in [-0.39, 0.29) is 24.6 Å².